The average molecular weight is 528 g/mol. The van der Waals surface area contributed by atoms with Gasteiger partial charge in [-0.1, -0.05) is 6.07 Å². The second-order valence-electron chi connectivity index (χ2n) is 8.95. The highest BCUT2D eigenvalue weighted by Crippen LogP contribution is 2.31. The maximum Gasteiger partial charge on any atom is 0.243 e. The summed E-state index contributed by atoms with van der Waals surface area (Å²) in [5.41, 5.74) is 1.54. The summed E-state index contributed by atoms with van der Waals surface area (Å²) in [5.74, 6) is 1.27. The molecule has 2 aromatic rings. The highest BCUT2D eigenvalue weighted by Gasteiger charge is 2.35. The molecule has 1 aliphatic rings. The van der Waals surface area contributed by atoms with E-state index in [0.29, 0.717) is 61.4 Å². The summed E-state index contributed by atoms with van der Waals surface area (Å²) in [6.07, 6.45) is 0.754. The van der Waals surface area contributed by atoms with Crippen molar-refractivity contribution in [3.63, 3.8) is 0 Å². The first-order valence-corrected chi connectivity index (χ1v) is 12.7. The molecule has 1 aliphatic heterocycles. The molecule has 0 radical (unpaired) electrons. The summed E-state index contributed by atoms with van der Waals surface area (Å²) >= 11 is 0. The van der Waals surface area contributed by atoms with Crippen LogP contribution in [-0.2, 0) is 20.8 Å². The van der Waals surface area contributed by atoms with Crippen LogP contribution in [0.1, 0.15) is 25.8 Å². The van der Waals surface area contributed by atoms with E-state index in [1.165, 1.54) is 4.90 Å². The Morgan fingerprint density at radius 2 is 1.66 bits per heavy atom. The molecule has 2 aromatic carbocycles. The Morgan fingerprint density at radius 3 is 2.34 bits per heavy atom. The third kappa shape index (κ3) is 7.30. The fourth-order valence-corrected chi connectivity index (χ4v) is 4.39. The molecule has 0 bridgehead atoms. The quantitative estimate of drug-likeness (QED) is 0.427. The Kier molecular flexibility index (Phi) is 10.2. The van der Waals surface area contributed by atoms with Crippen molar-refractivity contribution in [1.82, 2.24) is 9.80 Å². The van der Waals surface area contributed by atoms with E-state index in [1.54, 1.807) is 44.4 Å². The van der Waals surface area contributed by atoms with E-state index >= 15 is 0 Å². The molecule has 3 amide bonds. The van der Waals surface area contributed by atoms with Gasteiger partial charge in [0, 0.05) is 38.3 Å². The SMILES string of the molecule is CCOc1ccc(NC(=O)CN(C)C(=O)[C@H]2CC(=O)N(CCc3ccc(OC)c(OC)c3)C2)cc1OCC. The lowest BCUT2D eigenvalue weighted by atomic mass is 10.1. The predicted octanol–water partition coefficient (Wildman–Crippen LogP) is 2.99. The minimum Gasteiger partial charge on any atom is -0.493 e. The molecular formula is C28H37N3O7. The molecule has 10 nitrogen and oxygen atoms in total. The zero-order valence-electron chi connectivity index (χ0n) is 22.7. The summed E-state index contributed by atoms with van der Waals surface area (Å²) in [5, 5.41) is 2.80. The molecule has 38 heavy (non-hydrogen) atoms. The summed E-state index contributed by atoms with van der Waals surface area (Å²) in [6.45, 7) is 5.39. The summed E-state index contributed by atoms with van der Waals surface area (Å²) < 4.78 is 21.8. The van der Waals surface area contributed by atoms with Gasteiger partial charge >= 0.3 is 0 Å². The fraction of sp³-hybridized carbons (Fsp3) is 0.464. The van der Waals surface area contributed by atoms with Crippen LogP contribution in [0.4, 0.5) is 5.69 Å². The van der Waals surface area contributed by atoms with Crippen molar-refractivity contribution < 1.29 is 33.3 Å². The zero-order chi connectivity index (χ0) is 27.7. The highest BCUT2D eigenvalue weighted by molar-refractivity contribution is 5.96. The van der Waals surface area contributed by atoms with Crippen LogP contribution in [0.2, 0.25) is 0 Å². The minimum atomic E-state index is -0.485. The third-order valence-electron chi connectivity index (χ3n) is 6.27. The monoisotopic (exact) mass is 527 g/mol. The molecule has 0 saturated carbocycles. The van der Waals surface area contributed by atoms with Crippen LogP contribution in [0.3, 0.4) is 0 Å². The number of methoxy groups -OCH3 is 2. The summed E-state index contributed by atoms with van der Waals surface area (Å²) in [7, 11) is 4.73. The van der Waals surface area contributed by atoms with E-state index in [4.69, 9.17) is 18.9 Å². The predicted molar refractivity (Wildman–Crippen MR) is 143 cm³/mol. The lowest BCUT2D eigenvalue weighted by Gasteiger charge is -2.21. The fourth-order valence-electron chi connectivity index (χ4n) is 4.39. The number of hydrogen-bond donors (Lipinski definition) is 1. The molecule has 1 N–H and O–H groups in total. The van der Waals surface area contributed by atoms with Gasteiger partial charge in [-0.2, -0.15) is 0 Å². The van der Waals surface area contributed by atoms with Gasteiger partial charge < -0.3 is 34.1 Å². The van der Waals surface area contributed by atoms with E-state index < -0.39 is 5.92 Å². The number of amides is 3. The van der Waals surface area contributed by atoms with Gasteiger partial charge in [0.15, 0.2) is 23.0 Å². The topological polar surface area (TPSA) is 107 Å². The third-order valence-corrected chi connectivity index (χ3v) is 6.27. The molecular weight excluding hydrogens is 490 g/mol. The van der Waals surface area contributed by atoms with Crippen molar-refractivity contribution in [3.05, 3.63) is 42.0 Å². The van der Waals surface area contributed by atoms with Crippen LogP contribution >= 0.6 is 0 Å². The maximum absolute atomic E-state index is 13.0. The molecule has 0 aliphatic carbocycles. The Bertz CT molecular complexity index is 1140. The smallest absolute Gasteiger partial charge is 0.243 e. The van der Waals surface area contributed by atoms with E-state index in [0.717, 1.165) is 5.56 Å². The van der Waals surface area contributed by atoms with Crippen molar-refractivity contribution in [2.45, 2.75) is 26.7 Å². The van der Waals surface area contributed by atoms with Crippen molar-refractivity contribution in [2.24, 2.45) is 5.92 Å². The average Bonchev–Trinajstić information content (AvgIpc) is 3.28. The van der Waals surface area contributed by atoms with Crippen molar-refractivity contribution in [3.8, 4) is 23.0 Å². The molecule has 0 spiro atoms. The van der Waals surface area contributed by atoms with Gasteiger partial charge in [0.2, 0.25) is 17.7 Å². The molecule has 206 valence electrons. The van der Waals surface area contributed by atoms with E-state index in [1.807, 2.05) is 32.0 Å². The van der Waals surface area contributed by atoms with Crippen molar-refractivity contribution in [2.75, 3.05) is 59.4 Å². The number of likely N-dealkylation sites (tertiary alicyclic amines) is 1. The molecule has 1 heterocycles. The highest BCUT2D eigenvalue weighted by atomic mass is 16.5. The number of anilines is 1. The number of hydrogen-bond acceptors (Lipinski definition) is 7. The molecule has 1 saturated heterocycles. The number of nitrogens with zero attached hydrogens (tertiary/aromatic N) is 2. The zero-order valence-corrected chi connectivity index (χ0v) is 22.7. The van der Waals surface area contributed by atoms with Crippen LogP contribution in [0.15, 0.2) is 36.4 Å². The second kappa shape index (κ2) is 13.6. The molecule has 1 atom stereocenters. The molecule has 0 unspecified atom stereocenters. The molecule has 0 aromatic heterocycles. The van der Waals surface area contributed by atoms with Gasteiger partial charge in [-0.05, 0) is 50.1 Å². The number of carbonyl (C=O) groups is 3. The molecule has 10 heteroatoms. The van der Waals surface area contributed by atoms with E-state index in [2.05, 4.69) is 5.32 Å². The lowest BCUT2D eigenvalue weighted by molar-refractivity contribution is -0.137. The van der Waals surface area contributed by atoms with Crippen LogP contribution in [0, 0.1) is 5.92 Å². The second-order valence-corrected chi connectivity index (χ2v) is 8.95. The van der Waals surface area contributed by atoms with Gasteiger partial charge in [-0.3, -0.25) is 14.4 Å². The largest absolute Gasteiger partial charge is 0.493 e. The Labute approximate surface area is 223 Å². The van der Waals surface area contributed by atoms with Crippen molar-refractivity contribution >= 4 is 23.4 Å². The number of rotatable bonds is 13. The number of carbonyl (C=O) groups excluding carboxylic acids is 3. The number of likely N-dealkylation sites (N-methyl/N-ethyl adjacent to an activating group) is 1. The Balaban J connectivity index is 1.52. The van der Waals surface area contributed by atoms with Crippen LogP contribution in [-0.4, -0.2) is 81.6 Å². The first kappa shape index (κ1) is 28.6. The van der Waals surface area contributed by atoms with E-state index in [-0.39, 0.29) is 30.7 Å². The van der Waals surface area contributed by atoms with Crippen molar-refractivity contribution in [1.29, 1.82) is 0 Å². The first-order chi connectivity index (χ1) is 18.3. The summed E-state index contributed by atoms with van der Waals surface area (Å²) in [6, 6.07) is 10.8. The Morgan fingerprint density at radius 1 is 0.974 bits per heavy atom. The lowest BCUT2D eigenvalue weighted by Crippen LogP contribution is -2.39. The number of nitrogens with one attached hydrogen (secondary N) is 1. The number of benzene rings is 2. The Hall–Kier alpha value is -3.95. The minimum absolute atomic E-state index is 0.0699. The normalized spacial score (nSPS) is 14.7. The molecule has 3 rings (SSSR count). The molecule has 1 fully saturated rings. The van der Waals surface area contributed by atoms with E-state index in [9.17, 15) is 14.4 Å². The first-order valence-electron chi connectivity index (χ1n) is 12.7. The summed E-state index contributed by atoms with van der Waals surface area (Å²) in [4.78, 5) is 41.3. The number of ether oxygens (including phenoxy) is 4. The van der Waals surface area contributed by atoms with Crippen LogP contribution in [0.25, 0.3) is 0 Å². The maximum atomic E-state index is 13.0. The van der Waals surface area contributed by atoms with Gasteiger partial charge in [-0.15, -0.1) is 0 Å². The van der Waals surface area contributed by atoms with Gasteiger partial charge in [0.25, 0.3) is 0 Å². The van der Waals surface area contributed by atoms with Gasteiger partial charge in [-0.25, -0.2) is 0 Å². The standard InChI is InChI=1S/C28H37N3O7/c1-6-37-23-11-9-21(16-25(23)38-7-2)29-26(32)18-30(3)28(34)20-15-27(33)31(17-20)13-12-19-8-10-22(35-4)24(14-19)36-5/h8-11,14,16,20H,6-7,12-13,15,17-18H2,1-5H3,(H,29,32)/t20-/m0/s1. The van der Waals surface area contributed by atoms with Crippen LogP contribution in [0.5, 0.6) is 23.0 Å². The van der Waals surface area contributed by atoms with Gasteiger partial charge in [0.05, 0.1) is 39.9 Å². The van der Waals surface area contributed by atoms with Gasteiger partial charge in [0.1, 0.15) is 0 Å². The van der Waals surface area contributed by atoms with Crippen LogP contribution < -0.4 is 24.3 Å².